The first-order chi connectivity index (χ1) is 7.41. The molecule has 0 radical (unpaired) electrons. The summed E-state index contributed by atoms with van der Waals surface area (Å²) in [6.45, 7) is 4.17. The average molecular weight is 234 g/mol. The molecule has 4 atom stereocenters. The van der Waals surface area contributed by atoms with Gasteiger partial charge in [0.2, 0.25) is 0 Å². The normalized spacial score (nSPS) is 35.3. The van der Waals surface area contributed by atoms with E-state index in [4.69, 9.17) is 14.6 Å². The summed E-state index contributed by atoms with van der Waals surface area (Å²) in [5.74, 6) is -0.928. The van der Waals surface area contributed by atoms with Gasteiger partial charge in [-0.25, -0.2) is 4.79 Å². The van der Waals surface area contributed by atoms with Gasteiger partial charge in [0.1, 0.15) is 6.10 Å². The molecule has 0 spiro atoms. The smallest absolute Gasteiger partial charge is 0.333 e. The summed E-state index contributed by atoms with van der Waals surface area (Å²) >= 11 is 0. The molecule has 0 aliphatic carbocycles. The van der Waals surface area contributed by atoms with Crippen LogP contribution in [0.1, 0.15) is 20.3 Å². The van der Waals surface area contributed by atoms with Crippen molar-refractivity contribution in [2.45, 2.75) is 44.9 Å². The number of carboxylic acid groups (broad SMARTS) is 1. The SMILES string of the molecule is CC(C)CO[C@@H]1O[C@H](C(=O)O)C[C@H](O)[C@H]1O. The van der Waals surface area contributed by atoms with Crippen LogP contribution in [0.5, 0.6) is 0 Å². The number of aliphatic hydroxyl groups excluding tert-OH is 2. The Labute approximate surface area is 93.8 Å². The van der Waals surface area contributed by atoms with Gasteiger partial charge in [0.05, 0.1) is 12.7 Å². The van der Waals surface area contributed by atoms with E-state index in [-0.39, 0.29) is 12.3 Å². The van der Waals surface area contributed by atoms with Crippen molar-refractivity contribution in [2.24, 2.45) is 5.92 Å². The van der Waals surface area contributed by atoms with Crippen molar-refractivity contribution in [3.63, 3.8) is 0 Å². The summed E-state index contributed by atoms with van der Waals surface area (Å²) in [5, 5.41) is 27.8. The monoisotopic (exact) mass is 234 g/mol. The van der Waals surface area contributed by atoms with Gasteiger partial charge in [-0.1, -0.05) is 13.8 Å². The standard InChI is InChI=1S/C10H18O6/c1-5(2)4-15-10-8(12)6(11)3-7(16-10)9(13)14/h5-8,10-12H,3-4H2,1-2H3,(H,13,14)/t6-,7-,8+,10+/m0/s1. The topological polar surface area (TPSA) is 96.2 Å². The fourth-order valence-electron chi connectivity index (χ4n) is 1.42. The molecule has 1 rings (SSSR count). The highest BCUT2D eigenvalue weighted by atomic mass is 16.7. The minimum absolute atomic E-state index is 0.127. The van der Waals surface area contributed by atoms with Gasteiger partial charge in [-0.2, -0.15) is 0 Å². The lowest BCUT2D eigenvalue weighted by Gasteiger charge is -2.35. The largest absolute Gasteiger partial charge is 0.479 e. The molecule has 0 aromatic rings. The van der Waals surface area contributed by atoms with Crippen LogP contribution in [0, 0.1) is 5.92 Å². The predicted octanol–water partition coefficient (Wildman–Crippen LogP) is -0.420. The summed E-state index contributed by atoms with van der Waals surface area (Å²) in [6, 6.07) is 0. The maximum Gasteiger partial charge on any atom is 0.333 e. The number of carboxylic acids is 1. The molecule has 16 heavy (non-hydrogen) atoms. The summed E-state index contributed by atoms with van der Waals surface area (Å²) in [7, 11) is 0. The molecular weight excluding hydrogens is 216 g/mol. The Kier molecular flexibility index (Phi) is 4.67. The van der Waals surface area contributed by atoms with Crippen molar-refractivity contribution in [2.75, 3.05) is 6.61 Å². The first kappa shape index (κ1) is 13.4. The van der Waals surface area contributed by atoms with Crippen LogP contribution >= 0.6 is 0 Å². The highest BCUT2D eigenvalue weighted by molar-refractivity contribution is 5.72. The second kappa shape index (κ2) is 5.58. The lowest BCUT2D eigenvalue weighted by molar-refractivity contribution is -0.268. The molecule has 6 heteroatoms. The van der Waals surface area contributed by atoms with E-state index in [0.717, 1.165) is 0 Å². The molecule has 0 aromatic heterocycles. The zero-order valence-electron chi connectivity index (χ0n) is 9.37. The molecule has 1 saturated heterocycles. The third kappa shape index (κ3) is 3.41. The van der Waals surface area contributed by atoms with Crippen LogP contribution < -0.4 is 0 Å². The van der Waals surface area contributed by atoms with Gasteiger partial charge in [0.15, 0.2) is 12.4 Å². The molecule has 1 aliphatic rings. The van der Waals surface area contributed by atoms with Crippen LogP contribution in [0.15, 0.2) is 0 Å². The molecule has 0 bridgehead atoms. The van der Waals surface area contributed by atoms with Crippen molar-refractivity contribution in [1.82, 2.24) is 0 Å². The van der Waals surface area contributed by atoms with Crippen molar-refractivity contribution in [3.8, 4) is 0 Å². The average Bonchev–Trinajstić information content (AvgIpc) is 2.19. The molecule has 0 aromatic carbocycles. The van der Waals surface area contributed by atoms with Crippen molar-refractivity contribution < 1.29 is 29.6 Å². The molecule has 94 valence electrons. The first-order valence-electron chi connectivity index (χ1n) is 5.27. The first-order valence-corrected chi connectivity index (χ1v) is 5.27. The van der Waals surface area contributed by atoms with Crippen LogP contribution in [0.2, 0.25) is 0 Å². The van der Waals surface area contributed by atoms with Crippen LogP contribution in [-0.4, -0.2) is 52.5 Å². The van der Waals surface area contributed by atoms with E-state index in [1.165, 1.54) is 0 Å². The number of rotatable bonds is 4. The molecule has 0 saturated carbocycles. The van der Waals surface area contributed by atoms with Gasteiger partial charge in [0, 0.05) is 6.42 Å². The second-order valence-corrected chi connectivity index (χ2v) is 4.35. The number of aliphatic carboxylic acids is 1. The summed E-state index contributed by atoms with van der Waals surface area (Å²) in [6.07, 6.45) is -4.66. The van der Waals surface area contributed by atoms with Crippen LogP contribution in [0.25, 0.3) is 0 Å². The zero-order valence-corrected chi connectivity index (χ0v) is 9.37. The molecule has 1 heterocycles. The second-order valence-electron chi connectivity index (χ2n) is 4.35. The summed E-state index contributed by atoms with van der Waals surface area (Å²) in [5.41, 5.74) is 0. The van der Waals surface area contributed by atoms with Gasteiger partial charge < -0.3 is 24.8 Å². The molecule has 3 N–H and O–H groups in total. The zero-order chi connectivity index (χ0) is 12.3. The number of hydrogen-bond donors (Lipinski definition) is 3. The third-order valence-electron chi connectivity index (χ3n) is 2.30. The predicted molar refractivity (Wildman–Crippen MR) is 53.7 cm³/mol. The lowest BCUT2D eigenvalue weighted by atomic mass is 10.0. The minimum atomic E-state index is -1.20. The quantitative estimate of drug-likeness (QED) is 0.611. The van der Waals surface area contributed by atoms with Crippen molar-refractivity contribution in [1.29, 1.82) is 0 Å². The lowest BCUT2D eigenvalue weighted by Crippen LogP contribution is -2.51. The maximum atomic E-state index is 10.7. The number of carbonyl (C=O) groups is 1. The Morgan fingerprint density at radius 3 is 2.62 bits per heavy atom. The van der Waals surface area contributed by atoms with Gasteiger partial charge in [-0.05, 0) is 5.92 Å². The summed E-state index contributed by atoms with van der Waals surface area (Å²) in [4.78, 5) is 10.7. The molecular formula is C10H18O6. The van der Waals surface area contributed by atoms with Gasteiger partial charge in [0.25, 0.3) is 0 Å². The van der Waals surface area contributed by atoms with E-state index in [2.05, 4.69) is 0 Å². The van der Waals surface area contributed by atoms with Crippen molar-refractivity contribution >= 4 is 5.97 Å². The van der Waals surface area contributed by atoms with Crippen LogP contribution in [0.3, 0.4) is 0 Å². The minimum Gasteiger partial charge on any atom is -0.479 e. The van der Waals surface area contributed by atoms with E-state index in [0.29, 0.717) is 6.61 Å². The number of ether oxygens (including phenoxy) is 2. The van der Waals surface area contributed by atoms with Crippen LogP contribution in [-0.2, 0) is 14.3 Å². The molecule has 0 amide bonds. The van der Waals surface area contributed by atoms with E-state index < -0.39 is 30.6 Å². The highest BCUT2D eigenvalue weighted by Crippen LogP contribution is 2.21. The van der Waals surface area contributed by atoms with Gasteiger partial charge in [-0.15, -0.1) is 0 Å². The van der Waals surface area contributed by atoms with Crippen LogP contribution in [0.4, 0.5) is 0 Å². The van der Waals surface area contributed by atoms with E-state index in [1.54, 1.807) is 0 Å². The van der Waals surface area contributed by atoms with E-state index >= 15 is 0 Å². The summed E-state index contributed by atoms with van der Waals surface area (Å²) < 4.78 is 10.3. The third-order valence-corrected chi connectivity index (χ3v) is 2.30. The highest BCUT2D eigenvalue weighted by Gasteiger charge is 2.40. The van der Waals surface area contributed by atoms with Crippen molar-refractivity contribution in [3.05, 3.63) is 0 Å². The maximum absolute atomic E-state index is 10.7. The Morgan fingerprint density at radius 2 is 2.12 bits per heavy atom. The molecule has 6 nitrogen and oxygen atoms in total. The Bertz CT molecular complexity index is 241. The molecule has 0 unspecified atom stereocenters. The Morgan fingerprint density at radius 1 is 1.50 bits per heavy atom. The van der Waals surface area contributed by atoms with E-state index in [9.17, 15) is 15.0 Å². The Balaban J connectivity index is 2.55. The molecule has 1 aliphatic heterocycles. The fourth-order valence-corrected chi connectivity index (χ4v) is 1.42. The Hall–Kier alpha value is -0.690. The van der Waals surface area contributed by atoms with Gasteiger partial charge >= 0.3 is 5.97 Å². The number of hydrogen-bond acceptors (Lipinski definition) is 5. The fraction of sp³-hybridized carbons (Fsp3) is 0.900. The van der Waals surface area contributed by atoms with Gasteiger partial charge in [-0.3, -0.25) is 0 Å². The van der Waals surface area contributed by atoms with E-state index in [1.807, 2.05) is 13.8 Å². The molecule has 1 fully saturated rings. The number of aliphatic hydroxyl groups is 2.